The first-order valence-electron chi connectivity index (χ1n) is 7.24. The zero-order chi connectivity index (χ0) is 12.6. The Morgan fingerprint density at radius 2 is 1.88 bits per heavy atom. The van der Waals surface area contributed by atoms with Crippen LogP contribution in [0.2, 0.25) is 0 Å². The Morgan fingerprint density at radius 1 is 1.18 bits per heavy atom. The lowest BCUT2D eigenvalue weighted by Gasteiger charge is -2.50. The summed E-state index contributed by atoms with van der Waals surface area (Å²) in [4.78, 5) is 0. The maximum absolute atomic E-state index is 2.46. The zero-order valence-electron chi connectivity index (χ0n) is 12.2. The minimum absolute atomic E-state index is 0.579. The first kappa shape index (κ1) is 13.5. The molecule has 0 nitrogen and oxygen atoms in total. The van der Waals surface area contributed by atoms with Gasteiger partial charge in [-0.05, 0) is 50.9 Å². The third kappa shape index (κ3) is 2.59. The standard InChI is InChI=1S/C16H28S/c1-11(2)15-7-6-12(3)8-16(15)9-13(4)14(5)10-17-16/h11-12,15H,6-10H2,1-5H3. The average molecular weight is 252 g/mol. The van der Waals surface area contributed by atoms with Crippen molar-refractivity contribution in [1.82, 2.24) is 0 Å². The van der Waals surface area contributed by atoms with Crippen molar-refractivity contribution >= 4 is 11.8 Å². The van der Waals surface area contributed by atoms with Gasteiger partial charge in [0.25, 0.3) is 0 Å². The molecule has 0 saturated heterocycles. The molecule has 1 aliphatic carbocycles. The van der Waals surface area contributed by atoms with Crippen LogP contribution in [0.5, 0.6) is 0 Å². The summed E-state index contributed by atoms with van der Waals surface area (Å²) >= 11 is 2.28. The molecular weight excluding hydrogens is 224 g/mol. The number of allylic oxidation sites excluding steroid dienone is 1. The maximum atomic E-state index is 2.46. The first-order valence-corrected chi connectivity index (χ1v) is 8.22. The average Bonchev–Trinajstić information content (AvgIpc) is 2.23. The van der Waals surface area contributed by atoms with Gasteiger partial charge in [0.15, 0.2) is 0 Å². The van der Waals surface area contributed by atoms with E-state index in [1.54, 1.807) is 11.1 Å². The third-order valence-electron chi connectivity index (χ3n) is 5.01. The van der Waals surface area contributed by atoms with E-state index in [1.165, 1.54) is 31.4 Å². The van der Waals surface area contributed by atoms with Gasteiger partial charge in [0, 0.05) is 10.5 Å². The summed E-state index contributed by atoms with van der Waals surface area (Å²) < 4.78 is 0.579. The second-order valence-electron chi connectivity index (χ2n) is 6.83. The minimum atomic E-state index is 0.579. The summed E-state index contributed by atoms with van der Waals surface area (Å²) in [5, 5.41) is 0. The molecule has 0 aromatic heterocycles. The van der Waals surface area contributed by atoms with E-state index < -0.39 is 0 Å². The molecule has 0 amide bonds. The van der Waals surface area contributed by atoms with E-state index in [-0.39, 0.29) is 0 Å². The molecule has 3 atom stereocenters. The fourth-order valence-corrected chi connectivity index (χ4v) is 5.98. The van der Waals surface area contributed by atoms with E-state index >= 15 is 0 Å². The smallest absolute Gasteiger partial charge is 0.0233 e. The van der Waals surface area contributed by atoms with Gasteiger partial charge >= 0.3 is 0 Å². The quantitative estimate of drug-likeness (QED) is 0.571. The van der Waals surface area contributed by atoms with Gasteiger partial charge in [-0.25, -0.2) is 0 Å². The van der Waals surface area contributed by atoms with E-state index in [1.807, 2.05) is 0 Å². The van der Waals surface area contributed by atoms with Gasteiger partial charge < -0.3 is 0 Å². The van der Waals surface area contributed by atoms with Crippen molar-refractivity contribution in [2.24, 2.45) is 17.8 Å². The molecule has 1 fully saturated rings. The van der Waals surface area contributed by atoms with E-state index in [2.05, 4.69) is 46.4 Å². The first-order chi connectivity index (χ1) is 7.94. The lowest BCUT2D eigenvalue weighted by atomic mass is 9.67. The molecule has 17 heavy (non-hydrogen) atoms. The molecule has 2 aliphatic rings. The van der Waals surface area contributed by atoms with Gasteiger partial charge in [0.2, 0.25) is 0 Å². The highest BCUT2D eigenvalue weighted by Gasteiger charge is 2.45. The van der Waals surface area contributed by atoms with Gasteiger partial charge in [-0.15, -0.1) is 0 Å². The number of rotatable bonds is 1. The molecule has 98 valence electrons. The third-order valence-corrected chi connectivity index (χ3v) is 6.78. The SMILES string of the molecule is CC1=C(C)CC2(CC(C)CCC2C(C)C)SC1. The summed E-state index contributed by atoms with van der Waals surface area (Å²) in [7, 11) is 0. The van der Waals surface area contributed by atoms with Crippen LogP contribution in [0.15, 0.2) is 11.1 Å². The Bertz CT molecular complexity index is 315. The number of hydrogen-bond donors (Lipinski definition) is 0. The fraction of sp³-hybridized carbons (Fsp3) is 0.875. The Hall–Kier alpha value is 0.0900. The Morgan fingerprint density at radius 3 is 2.47 bits per heavy atom. The van der Waals surface area contributed by atoms with E-state index in [0.717, 1.165) is 17.8 Å². The summed E-state index contributed by atoms with van der Waals surface area (Å²) in [5.74, 6) is 4.00. The van der Waals surface area contributed by atoms with Crippen molar-refractivity contribution in [3.63, 3.8) is 0 Å². The molecular formula is C16H28S. The normalized spacial score (nSPS) is 39.2. The number of thioether (sulfide) groups is 1. The van der Waals surface area contributed by atoms with Crippen LogP contribution in [0.4, 0.5) is 0 Å². The molecule has 1 heterocycles. The lowest BCUT2D eigenvalue weighted by Crippen LogP contribution is -2.44. The van der Waals surface area contributed by atoms with E-state index in [9.17, 15) is 0 Å². The van der Waals surface area contributed by atoms with E-state index in [0.29, 0.717) is 4.75 Å². The van der Waals surface area contributed by atoms with Gasteiger partial charge in [0.05, 0.1) is 0 Å². The Kier molecular flexibility index (Phi) is 3.97. The van der Waals surface area contributed by atoms with Crippen LogP contribution >= 0.6 is 11.8 Å². The van der Waals surface area contributed by atoms with Crippen LogP contribution in [0, 0.1) is 17.8 Å². The molecule has 0 radical (unpaired) electrons. The van der Waals surface area contributed by atoms with Gasteiger partial charge in [-0.3, -0.25) is 0 Å². The zero-order valence-corrected chi connectivity index (χ0v) is 13.0. The van der Waals surface area contributed by atoms with Crippen LogP contribution in [-0.2, 0) is 0 Å². The fourth-order valence-electron chi connectivity index (χ4n) is 3.91. The highest BCUT2D eigenvalue weighted by Crippen LogP contribution is 2.54. The molecule has 1 aliphatic heterocycles. The largest absolute Gasteiger partial charge is 0.150 e. The second-order valence-corrected chi connectivity index (χ2v) is 8.22. The van der Waals surface area contributed by atoms with Crippen LogP contribution in [-0.4, -0.2) is 10.5 Å². The topological polar surface area (TPSA) is 0 Å². The number of hydrogen-bond acceptors (Lipinski definition) is 1. The van der Waals surface area contributed by atoms with Crippen LogP contribution in [0.1, 0.15) is 60.3 Å². The van der Waals surface area contributed by atoms with Gasteiger partial charge in [-0.2, -0.15) is 11.8 Å². The van der Waals surface area contributed by atoms with Crippen molar-refractivity contribution in [1.29, 1.82) is 0 Å². The van der Waals surface area contributed by atoms with Crippen molar-refractivity contribution in [2.75, 3.05) is 5.75 Å². The highest BCUT2D eigenvalue weighted by molar-refractivity contribution is 8.00. The molecule has 2 rings (SSSR count). The second kappa shape index (κ2) is 4.99. The predicted octanol–water partition coefficient (Wildman–Crippen LogP) is 5.29. The predicted molar refractivity (Wildman–Crippen MR) is 79.5 cm³/mol. The Labute approximate surface area is 112 Å². The molecule has 1 spiro atoms. The summed E-state index contributed by atoms with van der Waals surface area (Å²) in [6.07, 6.45) is 5.72. The molecule has 0 aromatic carbocycles. The summed E-state index contributed by atoms with van der Waals surface area (Å²) in [6.45, 7) is 12.0. The van der Waals surface area contributed by atoms with Crippen molar-refractivity contribution in [2.45, 2.75) is 65.0 Å². The summed E-state index contributed by atoms with van der Waals surface area (Å²) in [6, 6.07) is 0. The van der Waals surface area contributed by atoms with Crippen molar-refractivity contribution < 1.29 is 0 Å². The molecule has 1 heteroatoms. The van der Waals surface area contributed by atoms with Crippen LogP contribution < -0.4 is 0 Å². The van der Waals surface area contributed by atoms with Crippen LogP contribution in [0.3, 0.4) is 0 Å². The lowest BCUT2D eigenvalue weighted by molar-refractivity contribution is 0.171. The summed E-state index contributed by atoms with van der Waals surface area (Å²) in [5.41, 5.74) is 3.32. The highest BCUT2D eigenvalue weighted by atomic mass is 32.2. The molecule has 0 bridgehead atoms. The van der Waals surface area contributed by atoms with Crippen LogP contribution in [0.25, 0.3) is 0 Å². The van der Waals surface area contributed by atoms with Crippen molar-refractivity contribution in [3.05, 3.63) is 11.1 Å². The Balaban J connectivity index is 2.25. The van der Waals surface area contributed by atoms with Crippen molar-refractivity contribution in [3.8, 4) is 0 Å². The van der Waals surface area contributed by atoms with Gasteiger partial charge in [0.1, 0.15) is 0 Å². The maximum Gasteiger partial charge on any atom is 0.0233 e. The monoisotopic (exact) mass is 252 g/mol. The minimum Gasteiger partial charge on any atom is -0.150 e. The molecule has 1 saturated carbocycles. The molecule has 0 N–H and O–H groups in total. The van der Waals surface area contributed by atoms with Gasteiger partial charge in [-0.1, -0.05) is 38.3 Å². The van der Waals surface area contributed by atoms with E-state index in [4.69, 9.17) is 0 Å². The molecule has 0 aromatic rings. The molecule has 3 unspecified atom stereocenters.